The van der Waals surface area contributed by atoms with Gasteiger partial charge in [0.05, 0.1) is 23.3 Å². The Hall–Kier alpha value is -3.85. The van der Waals surface area contributed by atoms with Gasteiger partial charge < -0.3 is 14.8 Å². The van der Waals surface area contributed by atoms with Crippen LogP contribution in [0.3, 0.4) is 0 Å². The van der Waals surface area contributed by atoms with Crippen molar-refractivity contribution in [2.75, 3.05) is 23.8 Å². The number of benzene rings is 3. The molecule has 3 rings (SSSR count). The highest BCUT2D eigenvalue weighted by molar-refractivity contribution is 7.92. The Morgan fingerprint density at radius 1 is 0.909 bits per heavy atom. The lowest BCUT2D eigenvalue weighted by Crippen LogP contribution is -2.21. The second kappa shape index (κ2) is 10.6. The van der Waals surface area contributed by atoms with Gasteiger partial charge in [-0.15, -0.1) is 0 Å². The summed E-state index contributed by atoms with van der Waals surface area (Å²) >= 11 is 0. The van der Waals surface area contributed by atoms with Gasteiger partial charge in [0.1, 0.15) is 5.75 Å². The second-order valence-electron chi connectivity index (χ2n) is 6.97. The lowest BCUT2D eigenvalue weighted by Gasteiger charge is -2.12. The van der Waals surface area contributed by atoms with Crippen LogP contribution in [-0.4, -0.2) is 34.0 Å². The molecule has 0 saturated carbocycles. The fourth-order valence-electron chi connectivity index (χ4n) is 3.07. The van der Waals surface area contributed by atoms with Crippen molar-refractivity contribution < 1.29 is 27.5 Å². The number of carbonyl (C=O) groups is 2. The zero-order chi connectivity index (χ0) is 23.8. The zero-order valence-corrected chi connectivity index (χ0v) is 19.0. The summed E-state index contributed by atoms with van der Waals surface area (Å²) in [7, 11) is -2.57. The van der Waals surface area contributed by atoms with Gasteiger partial charge >= 0.3 is 5.97 Å². The maximum atomic E-state index is 12.8. The fraction of sp³-hybridized carbons (Fsp3) is 0.167. The number of para-hydroxylation sites is 3. The van der Waals surface area contributed by atoms with E-state index >= 15 is 0 Å². The van der Waals surface area contributed by atoms with Crippen molar-refractivity contribution in [3.05, 3.63) is 83.9 Å². The summed E-state index contributed by atoms with van der Waals surface area (Å²) in [6.07, 6.45) is 0.737. The van der Waals surface area contributed by atoms with Gasteiger partial charge in [0.25, 0.3) is 15.9 Å². The monoisotopic (exact) mass is 468 g/mol. The molecule has 1 amide bonds. The number of anilines is 2. The molecule has 172 valence electrons. The Kier molecular flexibility index (Phi) is 7.68. The third-order valence-electron chi connectivity index (χ3n) is 4.74. The SMILES string of the molecule is CCc1ccccc1NC(=O)COC(=O)c1cccc(S(=O)(=O)Nc2ccccc2OC)c1. The van der Waals surface area contributed by atoms with Crippen LogP contribution in [0.5, 0.6) is 5.75 Å². The molecule has 0 saturated heterocycles. The maximum Gasteiger partial charge on any atom is 0.338 e. The minimum absolute atomic E-state index is 0.000315. The minimum atomic E-state index is -4.00. The summed E-state index contributed by atoms with van der Waals surface area (Å²) in [5, 5.41) is 2.71. The molecule has 0 aliphatic carbocycles. The number of hydrogen-bond donors (Lipinski definition) is 2. The Labute approximate surface area is 192 Å². The Bertz CT molecular complexity index is 1260. The molecule has 3 aromatic rings. The summed E-state index contributed by atoms with van der Waals surface area (Å²) in [4.78, 5) is 24.5. The van der Waals surface area contributed by atoms with Gasteiger partial charge in [-0.3, -0.25) is 9.52 Å². The number of carbonyl (C=O) groups excluding carboxylic acids is 2. The Morgan fingerprint density at radius 2 is 1.61 bits per heavy atom. The molecule has 0 atom stereocenters. The minimum Gasteiger partial charge on any atom is -0.495 e. The van der Waals surface area contributed by atoms with Crippen molar-refractivity contribution in [3.8, 4) is 5.75 Å². The van der Waals surface area contributed by atoms with Crippen LogP contribution in [0.4, 0.5) is 11.4 Å². The maximum absolute atomic E-state index is 12.8. The largest absolute Gasteiger partial charge is 0.495 e. The van der Waals surface area contributed by atoms with Gasteiger partial charge in [0.2, 0.25) is 0 Å². The van der Waals surface area contributed by atoms with Crippen molar-refractivity contribution in [1.82, 2.24) is 0 Å². The number of ether oxygens (including phenoxy) is 2. The molecule has 0 bridgehead atoms. The molecule has 0 unspecified atom stereocenters. The van der Waals surface area contributed by atoms with E-state index in [1.165, 1.54) is 31.4 Å². The van der Waals surface area contributed by atoms with Gasteiger partial charge in [-0.25, -0.2) is 13.2 Å². The van der Waals surface area contributed by atoms with Crippen LogP contribution in [0.25, 0.3) is 0 Å². The molecule has 2 N–H and O–H groups in total. The second-order valence-corrected chi connectivity index (χ2v) is 8.65. The topological polar surface area (TPSA) is 111 Å². The number of hydrogen-bond acceptors (Lipinski definition) is 6. The van der Waals surface area contributed by atoms with Crippen LogP contribution in [0, 0.1) is 0 Å². The molecule has 0 aromatic heterocycles. The highest BCUT2D eigenvalue weighted by Crippen LogP contribution is 2.26. The van der Waals surface area contributed by atoms with Gasteiger partial charge in [0.15, 0.2) is 6.61 Å². The van der Waals surface area contributed by atoms with Crippen molar-refractivity contribution in [3.63, 3.8) is 0 Å². The molecule has 8 nitrogen and oxygen atoms in total. The van der Waals surface area contributed by atoms with Crippen LogP contribution in [-0.2, 0) is 26.0 Å². The van der Waals surface area contributed by atoms with Crippen LogP contribution in [0.15, 0.2) is 77.7 Å². The third kappa shape index (κ3) is 6.11. The molecule has 0 radical (unpaired) electrons. The van der Waals surface area contributed by atoms with Gasteiger partial charge in [-0.2, -0.15) is 0 Å². The molecule has 0 fully saturated rings. The van der Waals surface area contributed by atoms with Gasteiger partial charge in [0, 0.05) is 5.69 Å². The normalized spacial score (nSPS) is 10.8. The molecule has 0 spiro atoms. The van der Waals surface area contributed by atoms with Gasteiger partial charge in [-0.1, -0.05) is 43.3 Å². The predicted molar refractivity (Wildman–Crippen MR) is 125 cm³/mol. The number of amides is 1. The lowest BCUT2D eigenvalue weighted by atomic mass is 10.1. The average Bonchev–Trinajstić information content (AvgIpc) is 2.83. The third-order valence-corrected chi connectivity index (χ3v) is 6.10. The van der Waals surface area contributed by atoms with E-state index in [-0.39, 0.29) is 16.1 Å². The van der Waals surface area contributed by atoms with E-state index in [1.807, 2.05) is 19.1 Å². The van der Waals surface area contributed by atoms with E-state index < -0.39 is 28.5 Å². The molecular formula is C24H24N2O6S. The van der Waals surface area contributed by atoms with Crippen LogP contribution in [0.2, 0.25) is 0 Å². The number of sulfonamides is 1. The highest BCUT2D eigenvalue weighted by atomic mass is 32.2. The van der Waals surface area contributed by atoms with E-state index in [0.29, 0.717) is 11.4 Å². The number of rotatable bonds is 9. The summed E-state index contributed by atoms with van der Waals surface area (Å²) < 4.78 is 38.3. The van der Waals surface area contributed by atoms with E-state index in [2.05, 4.69) is 10.0 Å². The van der Waals surface area contributed by atoms with Crippen molar-refractivity contribution >= 4 is 33.3 Å². The number of aryl methyl sites for hydroxylation is 1. The fourth-order valence-corrected chi connectivity index (χ4v) is 4.19. The summed E-state index contributed by atoms with van der Waals surface area (Å²) in [5.41, 5.74) is 1.87. The summed E-state index contributed by atoms with van der Waals surface area (Å²) in [5.74, 6) is -0.957. The van der Waals surface area contributed by atoms with E-state index in [9.17, 15) is 18.0 Å². The number of esters is 1. The Morgan fingerprint density at radius 3 is 2.33 bits per heavy atom. The van der Waals surface area contributed by atoms with Gasteiger partial charge in [-0.05, 0) is 48.4 Å². The first-order chi connectivity index (χ1) is 15.8. The van der Waals surface area contributed by atoms with Crippen LogP contribution < -0.4 is 14.8 Å². The van der Waals surface area contributed by atoms with Crippen LogP contribution in [0.1, 0.15) is 22.8 Å². The average molecular weight is 469 g/mol. The van der Waals surface area contributed by atoms with Crippen molar-refractivity contribution in [1.29, 1.82) is 0 Å². The summed E-state index contributed by atoms with van der Waals surface area (Å²) in [6.45, 7) is 1.46. The predicted octanol–water partition coefficient (Wildman–Crippen LogP) is 3.85. The molecular weight excluding hydrogens is 444 g/mol. The molecule has 0 heterocycles. The lowest BCUT2D eigenvalue weighted by molar-refractivity contribution is -0.119. The first-order valence-corrected chi connectivity index (χ1v) is 11.6. The van der Waals surface area contributed by atoms with Crippen molar-refractivity contribution in [2.24, 2.45) is 0 Å². The molecule has 0 aliphatic rings. The van der Waals surface area contributed by atoms with E-state index in [1.54, 1.807) is 36.4 Å². The van der Waals surface area contributed by atoms with E-state index in [4.69, 9.17) is 9.47 Å². The quantitative estimate of drug-likeness (QED) is 0.462. The van der Waals surface area contributed by atoms with Crippen LogP contribution >= 0.6 is 0 Å². The zero-order valence-electron chi connectivity index (χ0n) is 18.2. The smallest absolute Gasteiger partial charge is 0.338 e. The Balaban J connectivity index is 1.67. The number of nitrogens with one attached hydrogen (secondary N) is 2. The van der Waals surface area contributed by atoms with E-state index in [0.717, 1.165) is 12.0 Å². The molecule has 3 aromatic carbocycles. The molecule has 9 heteroatoms. The molecule has 33 heavy (non-hydrogen) atoms. The number of methoxy groups -OCH3 is 1. The first kappa shape index (κ1) is 23.8. The summed E-state index contributed by atoms with van der Waals surface area (Å²) in [6, 6.07) is 19.3. The first-order valence-electron chi connectivity index (χ1n) is 10.1. The standard InChI is InChI=1S/C24H24N2O6S/c1-3-17-9-4-5-12-20(17)25-23(27)16-32-24(28)18-10-8-11-19(15-18)33(29,30)26-21-13-6-7-14-22(21)31-2/h4-15,26H,3,16H2,1-2H3,(H,25,27). The highest BCUT2D eigenvalue weighted by Gasteiger charge is 2.19. The van der Waals surface area contributed by atoms with Crippen molar-refractivity contribution in [2.45, 2.75) is 18.2 Å². The molecule has 0 aliphatic heterocycles.